The van der Waals surface area contributed by atoms with Crippen LogP contribution in [0.15, 0.2) is 48.5 Å². The highest BCUT2D eigenvalue weighted by Crippen LogP contribution is 2.25. The predicted octanol–water partition coefficient (Wildman–Crippen LogP) is 3.15. The lowest BCUT2D eigenvalue weighted by atomic mass is 10.0. The summed E-state index contributed by atoms with van der Waals surface area (Å²) in [5.74, 6) is 0.155. The molecule has 4 nitrogen and oxygen atoms in total. The van der Waals surface area contributed by atoms with Crippen LogP contribution in [0.5, 0.6) is 5.75 Å². The number of primary amides is 1. The summed E-state index contributed by atoms with van der Waals surface area (Å²) < 4.78 is 19.2. The van der Waals surface area contributed by atoms with E-state index in [1.165, 1.54) is 6.07 Å². The van der Waals surface area contributed by atoms with E-state index in [2.05, 4.69) is 5.32 Å². The van der Waals surface area contributed by atoms with Gasteiger partial charge in [-0.15, -0.1) is 0 Å². The molecule has 2 atom stereocenters. The second-order valence-corrected chi connectivity index (χ2v) is 6.45. The number of ether oxygens (including phenoxy) is 1. The molecule has 0 aliphatic heterocycles. The molecule has 3 N–H and O–H groups in total. The molecule has 0 saturated heterocycles. The molecule has 1 amide bonds. The molecule has 132 valence electrons. The molecule has 0 aromatic heterocycles. The van der Waals surface area contributed by atoms with Crippen LogP contribution in [0.4, 0.5) is 4.39 Å². The highest BCUT2D eigenvalue weighted by molar-refractivity contribution is 5.77. The molecule has 5 heteroatoms. The fourth-order valence-electron chi connectivity index (χ4n) is 3.27. The van der Waals surface area contributed by atoms with Crippen LogP contribution in [0.3, 0.4) is 0 Å². The van der Waals surface area contributed by atoms with Gasteiger partial charge in [0.1, 0.15) is 18.2 Å². The van der Waals surface area contributed by atoms with Gasteiger partial charge in [-0.25, -0.2) is 4.39 Å². The first-order valence-corrected chi connectivity index (χ1v) is 8.61. The first kappa shape index (κ1) is 17.4. The van der Waals surface area contributed by atoms with Gasteiger partial charge < -0.3 is 15.8 Å². The Hall–Kier alpha value is -2.40. The van der Waals surface area contributed by atoms with Crippen LogP contribution >= 0.6 is 0 Å². The number of nitrogens with one attached hydrogen (secondary N) is 1. The molecule has 2 aromatic rings. The molecule has 0 bridgehead atoms. The molecular formula is C20H23FN2O2. The fraction of sp³-hybridized carbons (Fsp3) is 0.350. The predicted molar refractivity (Wildman–Crippen MR) is 94.3 cm³/mol. The molecule has 3 rings (SSSR count). The summed E-state index contributed by atoms with van der Waals surface area (Å²) in [5.41, 5.74) is 7.09. The lowest BCUT2D eigenvalue weighted by molar-refractivity contribution is -0.122. The molecule has 0 radical (unpaired) electrons. The smallest absolute Gasteiger partial charge is 0.222 e. The summed E-state index contributed by atoms with van der Waals surface area (Å²) in [6.07, 6.45) is 2.89. The summed E-state index contributed by atoms with van der Waals surface area (Å²) in [7, 11) is 0. The summed E-state index contributed by atoms with van der Waals surface area (Å²) >= 11 is 0. The average molecular weight is 342 g/mol. The van der Waals surface area contributed by atoms with Crippen molar-refractivity contribution in [3.63, 3.8) is 0 Å². The van der Waals surface area contributed by atoms with Gasteiger partial charge in [0.25, 0.3) is 0 Å². The number of nitrogens with two attached hydrogens (primary N) is 1. The minimum atomic E-state index is -0.260. The Kier molecular flexibility index (Phi) is 5.66. The molecule has 0 heterocycles. The lowest BCUT2D eigenvalue weighted by Crippen LogP contribution is -2.38. The first-order chi connectivity index (χ1) is 12.1. The molecule has 1 aliphatic rings. The zero-order valence-corrected chi connectivity index (χ0v) is 14.1. The van der Waals surface area contributed by atoms with E-state index in [0.717, 1.165) is 24.8 Å². The van der Waals surface area contributed by atoms with Gasteiger partial charge in [-0.3, -0.25) is 4.79 Å². The molecular weight excluding hydrogens is 319 g/mol. The second kappa shape index (κ2) is 8.12. The number of hydrogen-bond donors (Lipinski definition) is 2. The number of halogens is 1. The SMILES string of the molecule is NC(=O)C1CCCC1NCc1ccc(OCc2ccccc2F)cc1. The number of carbonyl (C=O) groups excluding carboxylic acids is 1. The number of rotatable bonds is 7. The van der Waals surface area contributed by atoms with Crippen LogP contribution in [-0.4, -0.2) is 11.9 Å². The quantitative estimate of drug-likeness (QED) is 0.812. The van der Waals surface area contributed by atoms with Crippen LogP contribution < -0.4 is 15.8 Å². The van der Waals surface area contributed by atoms with Gasteiger partial charge in [-0.2, -0.15) is 0 Å². The topological polar surface area (TPSA) is 64.4 Å². The van der Waals surface area contributed by atoms with E-state index in [0.29, 0.717) is 17.9 Å². The normalized spacial score (nSPS) is 19.7. The summed E-state index contributed by atoms with van der Waals surface area (Å²) in [6, 6.07) is 14.4. The van der Waals surface area contributed by atoms with Crippen LogP contribution in [-0.2, 0) is 17.9 Å². The Morgan fingerprint density at radius 2 is 1.92 bits per heavy atom. The van der Waals surface area contributed by atoms with Crippen molar-refractivity contribution < 1.29 is 13.9 Å². The molecule has 0 spiro atoms. The number of carbonyl (C=O) groups is 1. The van der Waals surface area contributed by atoms with Crippen molar-refractivity contribution in [1.82, 2.24) is 5.32 Å². The van der Waals surface area contributed by atoms with Crippen molar-refractivity contribution in [2.24, 2.45) is 11.7 Å². The standard InChI is InChI=1S/C20H23FN2O2/c21-18-6-2-1-4-15(18)13-25-16-10-8-14(9-11-16)12-23-19-7-3-5-17(19)20(22)24/h1-2,4,6,8-11,17,19,23H,3,5,7,12-13H2,(H2,22,24). The van der Waals surface area contributed by atoms with Crippen molar-refractivity contribution in [1.29, 1.82) is 0 Å². The number of benzene rings is 2. The monoisotopic (exact) mass is 342 g/mol. The van der Waals surface area contributed by atoms with Gasteiger partial charge >= 0.3 is 0 Å². The maximum atomic E-state index is 13.6. The van der Waals surface area contributed by atoms with E-state index in [-0.39, 0.29) is 30.3 Å². The lowest BCUT2D eigenvalue weighted by Gasteiger charge is -2.18. The minimum absolute atomic E-state index is 0.0663. The van der Waals surface area contributed by atoms with E-state index in [1.807, 2.05) is 24.3 Å². The van der Waals surface area contributed by atoms with Gasteiger partial charge in [0, 0.05) is 18.2 Å². The second-order valence-electron chi connectivity index (χ2n) is 6.45. The summed E-state index contributed by atoms with van der Waals surface area (Å²) in [6.45, 7) is 0.884. The van der Waals surface area contributed by atoms with E-state index < -0.39 is 0 Å². The third-order valence-corrected chi connectivity index (χ3v) is 4.73. The average Bonchev–Trinajstić information content (AvgIpc) is 3.09. The maximum Gasteiger partial charge on any atom is 0.222 e. The van der Waals surface area contributed by atoms with E-state index in [9.17, 15) is 9.18 Å². The Bertz CT molecular complexity index is 718. The summed E-state index contributed by atoms with van der Waals surface area (Å²) in [4.78, 5) is 11.4. The Labute approximate surface area is 147 Å². The number of amides is 1. The van der Waals surface area contributed by atoms with Gasteiger partial charge in [0.2, 0.25) is 5.91 Å². The first-order valence-electron chi connectivity index (χ1n) is 8.61. The Morgan fingerprint density at radius 1 is 1.16 bits per heavy atom. The molecule has 2 unspecified atom stereocenters. The van der Waals surface area contributed by atoms with Crippen molar-refractivity contribution in [2.45, 2.75) is 38.5 Å². The Morgan fingerprint density at radius 3 is 2.64 bits per heavy atom. The zero-order valence-electron chi connectivity index (χ0n) is 14.1. The molecule has 1 aliphatic carbocycles. The van der Waals surface area contributed by atoms with E-state index in [1.54, 1.807) is 18.2 Å². The van der Waals surface area contributed by atoms with Gasteiger partial charge in [-0.05, 0) is 36.6 Å². The fourth-order valence-corrected chi connectivity index (χ4v) is 3.27. The minimum Gasteiger partial charge on any atom is -0.489 e. The summed E-state index contributed by atoms with van der Waals surface area (Å²) in [5, 5.41) is 3.42. The van der Waals surface area contributed by atoms with Crippen molar-refractivity contribution in [3.05, 3.63) is 65.5 Å². The van der Waals surface area contributed by atoms with Crippen LogP contribution in [0.2, 0.25) is 0 Å². The van der Waals surface area contributed by atoms with Gasteiger partial charge in [0.15, 0.2) is 0 Å². The van der Waals surface area contributed by atoms with Crippen molar-refractivity contribution in [3.8, 4) is 5.75 Å². The largest absolute Gasteiger partial charge is 0.489 e. The maximum absolute atomic E-state index is 13.6. The van der Waals surface area contributed by atoms with Gasteiger partial charge in [0.05, 0.1) is 5.92 Å². The third kappa shape index (κ3) is 4.57. The third-order valence-electron chi connectivity index (χ3n) is 4.73. The highest BCUT2D eigenvalue weighted by atomic mass is 19.1. The Balaban J connectivity index is 1.50. The van der Waals surface area contributed by atoms with Crippen LogP contribution in [0, 0.1) is 11.7 Å². The molecule has 2 aromatic carbocycles. The van der Waals surface area contributed by atoms with Crippen LogP contribution in [0.25, 0.3) is 0 Å². The molecule has 1 fully saturated rings. The van der Waals surface area contributed by atoms with E-state index in [4.69, 9.17) is 10.5 Å². The molecule has 1 saturated carbocycles. The highest BCUT2D eigenvalue weighted by Gasteiger charge is 2.30. The van der Waals surface area contributed by atoms with Crippen LogP contribution in [0.1, 0.15) is 30.4 Å². The van der Waals surface area contributed by atoms with E-state index >= 15 is 0 Å². The molecule has 25 heavy (non-hydrogen) atoms. The van der Waals surface area contributed by atoms with Gasteiger partial charge in [-0.1, -0.05) is 36.8 Å². The van der Waals surface area contributed by atoms with Crippen molar-refractivity contribution in [2.75, 3.05) is 0 Å². The zero-order chi connectivity index (χ0) is 17.6. The number of hydrogen-bond acceptors (Lipinski definition) is 3. The van der Waals surface area contributed by atoms with Crippen molar-refractivity contribution >= 4 is 5.91 Å².